The van der Waals surface area contributed by atoms with E-state index < -0.39 is 10.0 Å². The third kappa shape index (κ3) is 4.39. The number of aliphatic hydroxyl groups excluding tert-OH is 1. The summed E-state index contributed by atoms with van der Waals surface area (Å²) in [6.07, 6.45) is 3.36. The molecule has 1 unspecified atom stereocenters. The van der Waals surface area contributed by atoms with Crippen molar-refractivity contribution >= 4 is 10.0 Å². The van der Waals surface area contributed by atoms with Crippen LogP contribution in [0.5, 0.6) is 0 Å². The zero-order valence-electron chi connectivity index (χ0n) is 8.57. The molecule has 0 amide bonds. The van der Waals surface area contributed by atoms with Crippen LogP contribution in [0.2, 0.25) is 0 Å². The highest BCUT2D eigenvalue weighted by Gasteiger charge is 2.30. The van der Waals surface area contributed by atoms with Gasteiger partial charge in [0.2, 0.25) is 10.0 Å². The van der Waals surface area contributed by atoms with Crippen molar-refractivity contribution in [2.24, 2.45) is 5.92 Å². The normalized spacial score (nSPS) is 19.6. The summed E-state index contributed by atoms with van der Waals surface area (Å²) in [5, 5.41) is 8.53. The first kappa shape index (κ1) is 11.9. The predicted octanol–water partition coefficient (Wildman–Crippen LogP) is 0.477. The molecule has 0 saturated heterocycles. The van der Waals surface area contributed by atoms with Crippen LogP contribution in [0.15, 0.2) is 0 Å². The molecule has 2 N–H and O–H groups in total. The van der Waals surface area contributed by atoms with Gasteiger partial charge in [-0.05, 0) is 38.5 Å². The number of hydrogen-bond donors (Lipinski definition) is 2. The lowest BCUT2D eigenvalue weighted by Gasteiger charge is -2.12. The summed E-state index contributed by atoms with van der Waals surface area (Å²) < 4.78 is 25.6. The van der Waals surface area contributed by atoms with E-state index in [-0.39, 0.29) is 18.4 Å². The monoisotopic (exact) mass is 221 g/mol. The van der Waals surface area contributed by atoms with Gasteiger partial charge in [0, 0.05) is 12.6 Å². The van der Waals surface area contributed by atoms with Crippen LogP contribution in [0.1, 0.15) is 32.6 Å². The Kier molecular flexibility index (Phi) is 4.34. The summed E-state index contributed by atoms with van der Waals surface area (Å²) in [5.41, 5.74) is 0. The first-order chi connectivity index (χ1) is 6.55. The van der Waals surface area contributed by atoms with E-state index in [0.717, 1.165) is 12.8 Å². The standard InChI is InChI=1S/C9H19NO3S/c1-8(9-4-5-9)10-14(12,13)7-3-2-6-11/h8-11H,2-7H2,1H3. The largest absolute Gasteiger partial charge is 0.396 e. The van der Waals surface area contributed by atoms with E-state index in [0.29, 0.717) is 18.8 Å². The molecule has 0 spiro atoms. The molecular formula is C9H19NO3S. The van der Waals surface area contributed by atoms with E-state index in [1.165, 1.54) is 0 Å². The molecule has 4 nitrogen and oxygen atoms in total. The second kappa shape index (κ2) is 5.09. The molecule has 1 aliphatic rings. The lowest BCUT2D eigenvalue weighted by Crippen LogP contribution is -2.35. The number of hydrogen-bond acceptors (Lipinski definition) is 3. The van der Waals surface area contributed by atoms with Crippen molar-refractivity contribution in [3.8, 4) is 0 Å². The number of nitrogens with one attached hydrogen (secondary N) is 1. The number of sulfonamides is 1. The fraction of sp³-hybridized carbons (Fsp3) is 1.00. The Labute approximate surface area is 85.8 Å². The van der Waals surface area contributed by atoms with E-state index in [4.69, 9.17) is 5.11 Å². The quantitative estimate of drug-likeness (QED) is 0.614. The predicted molar refractivity (Wildman–Crippen MR) is 55.4 cm³/mol. The molecule has 0 radical (unpaired) electrons. The molecule has 1 fully saturated rings. The zero-order valence-corrected chi connectivity index (χ0v) is 9.39. The minimum atomic E-state index is -3.12. The van der Waals surface area contributed by atoms with Crippen LogP contribution < -0.4 is 4.72 Å². The molecule has 0 heterocycles. The van der Waals surface area contributed by atoms with Gasteiger partial charge in [-0.1, -0.05) is 0 Å². The Hall–Kier alpha value is -0.130. The van der Waals surface area contributed by atoms with Crippen LogP contribution >= 0.6 is 0 Å². The van der Waals surface area contributed by atoms with Crippen molar-refractivity contribution in [2.75, 3.05) is 12.4 Å². The second-order valence-corrected chi connectivity index (χ2v) is 5.87. The number of aliphatic hydroxyl groups is 1. The highest BCUT2D eigenvalue weighted by atomic mass is 32.2. The lowest BCUT2D eigenvalue weighted by molar-refractivity contribution is 0.287. The fourth-order valence-electron chi connectivity index (χ4n) is 1.44. The van der Waals surface area contributed by atoms with Crippen molar-refractivity contribution in [2.45, 2.75) is 38.6 Å². The third-order valence-corrected chi connectivity index (χ3v) is 4.07. The van der Waals surface area contributed by atoms with Crippen LogP contribution in [0.25, 0.3) is 0 Å². The van der Waals surface area contributed by atoms with Crippen molar-refractivity contribution in [3.05, 3.63) is 0 Å². The van der Waals surface area contributed by atoms with Crippen molar-refractivity contribution in [1.82, 2.24) is 4.72 Å². The Morgan fingerprint density at radius 2 is 2.07 bits per heavy atom. The van der Waals surface area contributed by atoms with E-state index in [1.807, 2.05) is 6.92 Å². The van der Waals surface area contributed by atoms with Crippen molar-refractivity contribution in [3.63, 3.8) is 0 Å². The van der Waals surface area contributed by atoms with Gasteiger partial charge in [-0.2, -0.15) is 0 Å². The van der Waals surface area contributed by atoms with Gasteiger partial charge < -0.3 is 5.11 Å². The first-order valence-corrected chi connectivity index (χ1v) is 6.81. The van der Waals surface area contributed by atoms with Crippen LogP contribution in [-0.2, 0) is 10.0 Å². The Balaban J connectivity index is 2.25. The van der Waals surface area contributed by atoms with E-state index in [2.05, 4.69) is 4.72 Å². The maximum atomic E-state index is 11.5. The van der Waals surface area contributed by atoms with Crippen LogP contribution in [0, 0.1) is 5.92 Å². The molecule has 0 aromatic heterocycles. The molecule has 14 heavy (non-hydrogen) atoms. The molecule has 0 aromatic carbocycles. The van der Waals surface area contributed by atoms with E-state index >= 15 is 0 Å². The van der Waals surface area contributed by atoms with Gasteiger partial charge in [0.1, 0.15) is 0 Å². The summed E-state index contributed by atoms with van der Waals surface area (Å²) >= 11 is 0. The molecular weight excluding hydrogens is 202 g/mol. The van der Waals surface area contributed by atoms with Gasteiger partial charge in [-0.3, -0.25) is 0 Å². The van der Waals surface area contributed by atoms with Gasteiger partial charge >= 0.3 is 0 Å². The highest BCUT2D eigenvalue weighted by Crippen LogP contribution is 2.32. The summed E-state index contributed by atoms with van der Waals surface area (Å²) in [6, 6.07) is 0.0779. The Bertz CT molecular complexity index is 259. The SMILES string of the molecule is CC(NS(=O)(=O)CCCCO)C1CC1. The zero-order chi connectivity index (χ0) is 10.6. The fourth-order valence-corrected chi connectivity index (χ4v) is 2.90. The first-order valence-electron chi connectivity index (χ1n) is 5.16. The molecule has 0 bridgehead atoms. The average Bonchev–Trinajstić information content (AvgIpc) is 2.85. The van der Waals surface area contributed by atoms with Gasteiger partial charge in [0.05, 0.1) is 5.75 Å². The van der Waals surface area contributed by atoms with Gasteiger partial charge in [0.15, 0.2) is 0 Å². The van der Waals surface area contributed by atoms with Crippen molar-refractivity contribution < 1.29 is 13.5 Å². The Morgan fingerprint density at radius 3 is 2.57 bits per heavy atom. The van der Waals surface area contributed by atoms with Crippen LogP contribution in [-0.4, -0.2) is 31.9 Å². The number of unbranched alkanes of at least 4 members (excludes halogenated alkanes) is 1. The molecule has 0 aliphatic heterocycles. The molecule has 1 saturated carbocycles. The molecule has 0 aromatic rings. The minimum Gasteiger partial charge on any atom is -0.396 e. The second-order valence-electron chi connectivity index (χ2n) is 3.99. The van der Waals surface area contributed by atoms with Gasteiger partial charge in [0.25, 0.3) is 0 Å². The maximum Gasteiger partial charge on any atom is 0.211 e. The topological polar surface area (TPSA) is 66.4 Å². The summed E-state index contributed by atoms with van der Waals surface area (Å²) in [5.74, 6) is 0.674. The summed E-state index contributed by atoms with van der Waals surface area (Å²) in [7, 11) is -3.12. The molecule has 1 atom stereocenters. The van der Waals surface area contributed by atoms with E-state index in [1.54, 1.807) is 0 Å². The van der Waals surface area contributed by atoms with Crippen LogP contribution in [0.4, 0.5) is 0 Å². The summed E-state index contributed by atoms with van der Waals surface area (Å²) in [6.45, 7) is 1.98. The third-order valence-electron chi connectivity index (χ3n) is 2.52. The lowest BCUT2D eigenvalue weighted by atomic mass is 10.2. The minimum absolute atomic E-state index is 0.0632. The average molecular weight is 221 g/mol. The van der Waals surface area contributed by atoms with E-state index in [9.17, 15) is 8.42 Å². The number of rotatable bonds is 7. The van der Waals surface area contributed by atoms with Gasteiger partial charge in [-0.15, -0.1) is 0 Å². The maximum absolute atomic E-state index is 11.5. The smallest absolute Gasteiger partial charge is 0.211 e. The van der Waals surface area contributed by atoms with Crippen LogP contribution in [0.3, 0.4) is 0 Å². The molecule has 84 valence electrons. The molecule has 5 heteroatoms. The molecule has 1 rings (SSSR count). The van der Waals surface area contributed by atoms with Crippen molar-refractivity contribution in [1.29, 1.82) is 0 Å². The van der Waals surface area contributed by atoms with Gasteiger partial charge in [-0.25, -0.2) is 13.1 Å². The summed E-state index contributed by atoms with van der Waals surface area (Å²) in [4.78, 5) is 0. The molecule has 1 aliphatic carbocycles. The Morgan fingerprint density at radius 1 is 1.43 bits per heavy atom. The highest BCUT2D eigenvalue weighted by molar-refractivity contribution is 7.89.